The molecule has 0 bridgehead atoms. The molecule has 6 heteroatoms. The van der Waals surface area contributed by atoms with Gasteiger partial charge in [0.2, 0.25) is 11.0 Å². The lowest BCUT2D eigenvalue weighted by molar-refractivity contribution is -0.115. The Bertz CT molecular complexity index is 1150. The molecule has 0 saturated heterocycles. The molecule has 0 radical (unpaired) electrons. The van der Waals surface area contributed by atoms with Crippen molar-refractivity contribution in [3.63, 3.8) is 0 Å². The fourth-order valence-corrected chi connectivity index (χ4v) is 4.02. The second kappa shape index (κ2) is 10.2. The van der Waals surface area contributed by atoms with E-state index in [1.807, 2.05) is 54.3 Å². The van der Waals surface area contributed by atoms with Crippen LogP contribution in [0.25, 0.3) is 0 Å². The van der Waals surface area contributed by atoms with E-state index in [0.717, 1.165) is 27.8 Å². The molecule has 0 saturated carbocycles. The second-order valence-corrected chi connectivity index (χ2v) is 8.64. The fraction of sp³-hybridized carbons (Fsp3) is 0.192. The summed E-state index contributed by atoms with van der Waals surface area (Å²) in [4.78, 5) is 19.5. The first-order valence-corrected chi connectivity index (χ1v) is 11.4. The van der Waals surface area contributed by atoms with E-state index in [4.69, 9.17) is 4.98 Å². The summed E-state index contributed by atoms with van der Waals surface area (Å²) in [5.74, 6) is 0.686. The Morgan fingerprint density at radius 1 is 0.875 bits per heavy atom. The quantitative estimate of drug-likeness (QED) is 0.397. The molecule has 0 fully saturated rings. The van der Waals surface area contributed by atoms with Crippen LogP contribution in [0, 0.1) is 13.8 Å². The average molecular weight is 443 g/mol. The third kappa shape index (κ3) is 6.02. The van der Waals surface area contributed by atoms with Crippen molar-refractivity contribution < 1.29 is 4.79 Å². The summed E-state index contributed by atoms with van der Waals surface area (Å²) in [5.41, 5.74) is 5.47. The first kappa shape index (κ1) is 21.7. The Kier molecular flexibility index (Phi) is 6.92. The number of nitrogens with one attached hydrogen (secondary N) is 1. The van der Waals surface area contributed by atoms with Crippen LogP contribution >= 0.6 is 11.5 Å². The molecule has 0 aliphatic rings. The Labute approximate surface area is 192 Å². The van der Waals surface area contributed by atoms with Crippen LogP contribution in [0.15, 0.2) is 78.9 Å². The molecule has 5 nitrogen and oxygen atoms in total. The normalized spacial score (nSPS) is 10.7. The first-order valence-electron chi connectivity index (χ1n) is 10.6. The molecule has 0 unspecified atom stereocenters. The lowest BCUT2D eigenvalue weighted by Gasteiger charge is -2.21. The maximum atomic E-state index is 12.8. The molecule has 0 aliphatic heterocycles. The van der Waals surface area contributed by atoms with Crippen LogP contribution < -0.4 is 10.2 Å². The minimum absolute atomic E-state index is 0.0833. The molecule has 3 aromatic carbocycles. The zero-order valence-electron chi connectivity index (χ0n) is 18.3. The molecule has 1 N–H and O–H groups in total. The zero-order valence-corrected chi connectivity index (χ0v) is 19.1. The van der Waals surface area contributed by atoms with Gasteiger partial charge in [-0.15, -0.1) is 0 Å². The fourth-order valence-electron chi connectivity index (χ4n) is 3.34. The molecule has 1 amide bonds. The number of carbonyl (C=O) groups excluding carboxylic acids is 1. The number of hydrogen-bond donors (Lipinski definition) is 1. The van der Waals surface area contributed by atoms with Crippen molar-refractivity contribution in [1.29, 1.82) is 0 Å². The maximum absolute atomic E-state index is 12.8. The third-order valence-corrected chi connectivity index (χ3v) is 5.91. The van der Waals surface area contributed by atoms with Gasteiger partial charge in [0.05, 0.1) is 6.54 Å². The number of nitrogens with zero attached hydrogens (tertiary/aromatic N) is 3. The van der Waals surface area contributed by atoms with E-state index >= 15 is 0 Å². The number of aryl methyl sites for hydroxylation is 2. The highest BCUT2D eigenvalue weighted by molar-refractivity contribution is 7.09. The lowest BCUT2D eigenvalue weighted by Crippen LogP contribution is -2.33. The second-order valence-electron chi connectivity index (χ2n) is 7.91. The summed E-state index contributed by atoms with van der Waals surface area (Å²) in [6, 6.07) is 26.3. The number of benzene rings is 3. The van der Waals surface area contributed by atoms with Crippen LogP contribution in [-0.2, 0) is 17.8 Å². The summed E-state index contributed by atoms with van der Waals surface area (Å²) < 4.78 is 4.55. The van der Waals surface area contributed by atoms with Gasteiger partial charge in [0.25, 0.3) is 0 Å². The molecular weight excluding hydrogens is 416 g/mol. The predicted octanol–water partition coefficient (Wildman–Crippen LogP) is 5.39. The van der Waals surface area contributed by atoms with E-state index in [9.17, 15) is 4.79 Å². The number of carbonyl (C=O) groups is 1. The van der Waals surface area contributed by atoms with Crippen molar-refractivity contribution in [1.82, 2.24) is 9.36 Å². The Balaban J connectivity index is 1.50. The smallest absolute Gasteiger partial charge is 0.243 e. The largest absolute Gasteiger partial charge is 0.333 e. The molecule has 32 heavy (non-hydrogen) atoms. The molecule has 4 aromatic rings. The van der Waals surface area contributed by atoms with Gasteiger partial charge in [-0.1, -0.05) is 77.9 Å². The molecular formula is C26H26N4OS. The summed E-state index contributed by atoms with van der Waals surface area (Å²) in [6.07, 6.45) is 0.672. The number of hydrogen-bond acceptors (Lipinski definition) is 5. The van der Waals surface area contributed by atoms with Crippen molar-refractivity contribution in [2.75, 3.05) is 16.8 Å². The van der Waals surface area contributed by atoms with Gasteiger partial charge in [-0.2, -0.15) is 4.37 Å². The van der Waals surface area contributed by atoms with Crippen LogP contribution in [0.2, 0.25) is 0 Å². The Morgan fingerprint density at radius 2 is 1.53 bits per heavy atom. The Hall–Kier alpha value is -3.51. The maximum Gasteiger partial charge on any atom is 0.243 e. The Morgan fingerprint density at radius 3 is 2.22 bits per heavy atom. The molecule has 1 aromatic heterocycles. The van der Waals surface area contributed by atoms with Gasteiger partial charge in [-0.3, -0.25) is 4.79 Å². The van der Waals surface area contributed by atoms with Crippen LogP contribution in [-0.4, -0.2) is 21.8 Å². The number of rotatable bonds is 8. The lowest BCUT2D eigenvalue weighted by atomic mass is 10.1. The van der Waals surface area contributed by atoms with Crippen molar-refractivity contribution in [3.05, 3.63) is 107 Å². The topological polar surface area (TPSA) is 58.1 Å². The van der Waals surface area contributed by atoms with Crippen molar-refractivity contribution in [3.8, 4) is 0 Å². The molecule has 162 valence electrons. The third-order valence-electron chi connectivity index (χ3n) is 5.10. The summed E-state index contributed by atoms with van der Waals surface area (Å²) >= 11 is 1.33. The molecule has 4 rings (SSSR count). The standard InChI is InChI=1S/C26H26N4OS/c1-19-8-12-21(13-9-19)16-24-28-26(32-29-24)30(17-22-6-4-3-5-7-22)18-25(31)27-23-14-10-20(2)11-15-23/h3-15H,16-18H2,1-2H3,(H,27,31). The first-order chi connectivity index (χ1) is 15.5. The van der Waals surface area contributed by atoms with Crippen LogP contribution in [0.3, 0.4) is 0 Å². The van der Waals surface area contributed by atoms with E-state index in [1.54, 1.807) is 0 Å². The van der Waals surface area contributed by atoms with Crippen LogP contribution in [0.5, 0.6) is 0 Å². The molecule has 0 spiro atoms. The highest BCUT2D eigenvalue weighted by Crippen LogP contribution is 2.22. The van der Waals surface area contributed by atoms with E-state index < -0.39 is 0 Å². The average Bonchev–Trinajstić information content (AvgIpc) is 3.26. The monoisotopic (exact) mass is 442 g/mol. The summed E-state index contributed by atoms with van der Waals surface area (Å²) in [5, 5.41) is 3.73. The number of anilines is 2. The SMILES string of the molecule is Cc1ccc(Cc2nsc(N(CC(=O)Nc3ccc(C)cc3)Cc3ccccc3)n2)cc1. The molecule has 0 atom stereocenters. The predicted molar refractivity (Wildman–Crippen MR) is 131 cm³/mol. The summed E-state index contributed by atoms with van der Waals surface area (Å²) in [7, 11) is 0. The van der Waals surface area contributed by atoms with Gasteiger partial charge in [0.15, 0.2) is 0 Å². The minimum Gasteiger partial charge on any atom is -0.333 e. The van der Waals surface area contributed by atoms with Gasteiger partial charge in [-0.25, -0.2) is 4.98 Å². The van der Waals surface area contributed by atoms with E-state index in [2.05, 4.69) is 53.0 Å². The van der Waals surface area contributed by atoms with Crippen LogP contribution in [0.4, 0.5) is 10.8 Å². The highest BCUT2D eigenvalue weighted by atomic mass is 32.1. The van der Waals surface area contributed by atoms with Crippen LogP contribution in [0.1, 0.15) is 28.1 Å². The van der Waals surface area contributed by atoms with Crippen molar-refractivity contribution in [2.45, 2.75) is 26.8 Å². The highest BCUT2D eigenvalue weighted by Gasteiger charge is 2.17. The number of amides is 1. The zero-order chi connectivity index (χ0) is 22.3. The van der Waals surface area contributed by atoms with Gasteiger partial charge in [0.1, 0.15) is 5.82 Å². The van der Waals surface area contributed by atoms with Gasteiger partial charge >= 0.3 is 0 Å². The van der Waals surface area contributed by atoms with Crippen molar-refractivity contribution in [2.24, 2.45) is 0 Å². The number of aromatic nitrogens is 2. The molecule has 1 heterocycles. The van der Waals surface area contributed by atoms with Gasteiger partial charge in [0, 0.05) is 30.2 Å². The van der Waals surface area contributed by atoms with Crippen molar-refractivity contribution >= 4 is 28.3 Å². The summed E-state index contributed by atoms with van der Waals surface area (Å²) in [6.45, 7) is 4.88. The van der Waals surface area contributed by atoms with E-state index in [1.165, 1.54) is 22.7 Å². The molecule has 0 aliphatic carbocycles. The minimum atomic E-state index is -0.0833. The van der Waals surface area contributed by atoms with E-state index in [0.29, 0.717) is 13.0 Å². The van der Waals surface area contributed by atoms with E-state index in [-0.39, 0.29) is 12.5 Å². The van der Waals surface area contributed by atoms with Gasteiger partial charge in [-0.05, 0) is 37.1 Å². The van der Waals surface area contributed by atoms with Gasteiger partial charge < -0.3 is 10.2 Å².